The van der Waals surface area contributed by atoms with Gasteiger partial charge in [0.05, 0.1) is 29.2 Å². The number of nitrogens with zero attached hydrogens (tertiary/aromatic N) is 3. The second-order valence-corrected chi connectivity index (χ2v) is 8.03. The summed E-state index contributed by atoms with van der Waals surface area (Å²) in [6.45, 7) is 2.54. The van der Waals surface area contributed by atoms with Crippen LogP contribution in [0.5, 0.6) is 0 Å². The number of benzene rings is 1. The van der Waals surface area contributed by atoms with Crippen molar-refractivity contribution in [3.05, 3.63) is 29.0 Å². The van der Waals surface area contributed by atoms with Crippen molar-refractivity contribution in [2.75, 3.05) is 34.8 Å². The average molecular weight is 457 g/mol. The van der Waals surface area contributed by atoms with E-state index in [4.69, 9.17) is 4.74 Å². The lowest BCUT2D eigenvalue weighted by Gasteiger charge is -2.34. The first-order chi connectivity index (χ1) is 14.7. The predicted molar refractivity (Wildman–Crippen MR) is 105 cm³/mol. The molecular formula is C18H19F3N5O4P. The molecule has 0 spiro atoms. The second-order valence-electron chi connectivity index (χ2n) is 7.11. The summed E-state index contributed by atoms with van der Waals surface area (Å²) >= 11 is 0. The number of hydrazone groups is 1. The molecule has 3 aliphatic heterocycles. The van der Waals surface area contributed by atoms with E-state index in [2.05, 4.69) is 15.8 Å². The number of carbonyl (C=O) groups is 1. The number of rotatable bonds is 4. The Morgan fingerprint density at radius 2 is 1.97 bits per heavy atom. The van der Waals surface area contributed by atoms with Crippen molar-refractivity contribution in [1.82, 2.24) is 5.43 Å². The number of fused-ring (bicyclic) bond motifs is 3. The molecule has 2 N–H and O–H groups in total. The van der Waals surface area contributed by atoms with Gasteiger partial charge in [-0.15, -0.1) is 5.10 Å². The van der Waals surface area contributed by atoms with Gasteiger partial charge in [0.25, 0.3) is 5.91 Å². The molecule has 3 aliphatic rings. The highest BCUT2D eigenvalue weighted by molar-refractivity contribution is 7.41. The minimum Gasteiger partial charge on any atom is -0.588 e. The van der Waals surface area contributed by atoms with E-state index in [0.29, 0.717) is 13.1 Å². The zero-order valence-corrected chi connectivity index (χ0v) is 17.3. The van der Waals surface area contributed by atoms with Crippen LogP contribution in [0.3, 0.4) is 0 Å². The van der Waals surface area contributed by atoms with Gasteiger partial charge in [0, 0.05) is 13.1 Å². The smallest absolute Gasteiger partial charge is 0.418 e. The minimum absolute atomic E-state index is 0.0259. The zero-order valence-electron chi connectivity index (χ0n) is 16.5. The van der Waals surface area contributed by atoms with Crippen LogP contribution in [-0.4, -0.2) is 31.4 Å². The van der Waals surface area contributed by atoms with Crippen molar-refractivity contribution >= 4 is 36.8 Å². The molecule has 13 heteroatoms. The van der Waals surface area contributed by atoms with E-state index >= 15 is 0 Å². The molecule has 1 atom stereocenters. The lowest BCUT2D eigenvalue weighted by molar-refractivity contribution is -0.165. The van der Waals surface area contributed by atoms with Crippen molar-refractivity contribution in [1.29, 1.82) is 0 Å². The average Bonchev–Trinajstić information content (AvgIpc) is 3.16. The van der Waals surface area contributed by atoms with Crippen LogP contribution in [0, 0.1) is 0 Å². The summed E-state index contributed by atoms with van der Waals surface area (Å²) in [5.74, 6) is -1.11. The topological polar surface area (TPSA) is 109 Å². The summed E-state index contributed by atoms with van der Waals surface area (Å²) in [6.07, 6.45) is -2.18. The van der Waals surface area contributed by atoms with Crippen molar-refractivity contribution in [2.45, 2.75) is 32.4 Å². The molecule has 1 amide bonds. The highest BCUT2D eigenvalue weighted by Gasteiger charge is 2.44. The maximum Gasteiger partial charge on any atom is 0.418 e. The van der Waals surface area contributed by atoms with Crippen LogP contribution >= 0.6 is 8.03 Å². The van der Waals surface area contributed by atoms with Crippen LogP contribution in [-0.2, 0) is 20.3 Å². The number of piperidine rings is 1. The molecule has 0 saturated carbocycles. The summed E-state index contributed by atoms with van der Waals surface area (Å²) in [6, 6.07) is 2.19. The number of halogens is 3. The first-order valence-corrected chi connectivity index (χ1v) is 10.9. The van der Waals surface area contributed by atoms with Crippen LogP contribution in [0.2, 0.25) is 0 Å². The van der Waals surface area contributed by atoms with Crippen molar-refractivity contribution in [3.8, 4) is 0 Å². The number of hydrogen-bond acceptors (Lipinski definition) is 8. The molecule has 1 aromatic rings. The molecule has 31 heavy (non-hydrogen) atoms. The number of amides is 1. The van der Waals surface area contributed by atoms with Gasteiger partial charge in [0.2, 0.25) is 11.7 Å². The third kappa shape index (κ3) is 3.81. The Kier molecular flexibility index (Phi) is 5.52. The van der Waals surface area contributed by atoms with E-state index in [-0.39, 0.29) is 35.3 Å². The molecule has 0 radical (unpaired) electrons. The van der Waals surface area contributed by atoms with Crippen LogP contribution in [0.15, 0.2) is 28.6 Å². The third-order valence-electron chi connectivity index (χ3n) is 5.16. The van der Waals surface area contributed by atoms with Gasteiger partial charge >= 0.3 is 19.7 Å². The predicted octanol–water partition coefficient (Wildman–Crippen LogP) is 2.64. The van der Waals surface area contributed by atoms with Crippen molar-refractivity contribution < 1.29 is 32.2 Å². The monoisotopic (exact) mass is 457 g/mol. The number of nitrogens with one attached hydrogen (secondary N) is 2. The summed E-state index contributed by atoms with van der Waals surface area (Å²) in [5, 5.41) is 6.27. The molecule has 0 aromatic heterocycles. The lowest BCUT2D eigenvalue weighted by atomic mass is 10.0. The quantitative estimate of drug-likeness (QED) is 0.529. The first kappa shape index (κ1) is 21.4. The first-order valence-electron chi connectivity index (χ1n) is 9.69. The molecule has 0 bridgehead atoms. The maximum atomic E-state index is 13.9. The molecular weight excluding hydrogens is 438 g/mol. The number of carbonyl (C=O) groups excluding carboxylic acids is 1. The molecule has 3 heterocycles. The molecule has 1 unspecified atom stereocenters. The van der Waals surface area contributed by atoms with Crippen LogP contribution in [0.1, 0.15) is 31.7 Å². The summed E-state index contributed by atoms with van der Waals surface area (Å²) in [7, 11) is -3.20. The fraction of sp³-hybridized carbons (Fsp3) is 0.444. The van der Waals surface area contributed by atoms with E-state index < -0.39 is 31.2 Å². The van der Waals surface area contributed by atoms with Gasteiger partial charge in [0.15, 0.2) is 0 Å². The fourth-order valence-electron chi connectivity index (χ4n) is 3.85. The number of alkyl halides is 3. The largest absolute Gasteiger partial charge is 0.588 e. The van der Waals surface area contributed by atoms with E-state index in [1.807, 2.05) is 0 Å². The summed E-state index contributed by atoms with van der Waals surface area (Å²) in [4.78, 5) is 27.0. The van der Waals surface area contributed by atoms with Gasteiger partial charge in [-0.25, -0.2) is 0 Å². The Labute approximate surface area is 176 Å². The van der Waals surface area contributed by atoms with Crippen molar-refractivity contribution in [2.24, 2.45) is 5.10 Å². The summed E-state index contributed by atoms with van der Waals surface area (Å²) in [5.41, 5.74) is 1.17. The van der Waals surface area contributed by atoms with Crippen LogP contribution in [0.25, 0.3) is 0 Å². The van der Waals surface area contributed by atoms with E-state index in [0.717, 1.165) is 25.3 Å². The molecule has 0 aliphatic carbocycles. The SMILES string of the molecule is CCOC(=C1NN=C2C(=O)Nc3cc(C(F)(F)F)c(N4CCCCC4)cc3N21)[P+](=O)[O-]. The Balaban J connectivity index is 1.91. The van der Waals surface area contributed by atoms with Gasteiger partial charge in [-0.05, 0) is 38.3 Å². The molecule has 1 saturated heterocycles. The molecule has 1 fully saturated rings. The van der Waals surface area contributed by atoms with Crippen molar-refractivity contribution in [3.63, 3.8) is 0 Å². The molecule has 4 rings (SSSR count). The van der Waals surface area contributed by atoms with Crippen LogP contribution in [0.4, 0.5) is 30.2 Å². The van der Waals surface area contributed by atoms with Gasteiger partial charge < -0.3 is 19.8 Å². The van der Waals surface area contributed by atoms with Crippen LogP contribution < -0.4 is 25.4 Å². The number of amidine groups is 1. The molecule has 1 aromatic carbocycles. The Morgan fingerprint density at radius 3 is 2.58 bits per heavy atom. The van der Waals surface area contributed by atoms with E-state index in [1.165, 1.54) is 11.0 Å². The van der Waals surface area contributed by atoms with Gasteiger partial charge in [-0.3, -0.25) is 15.1 Å². The zero-order chi connectivity index (χ0) is 22.3. The molecule has 9 nitrogen and oxygen atoms in total. The van der Waals surface area contributed by atoms with Gasteiger partial charge in [0.1, 0.15) is 0 Å². The minimum atomic E-state index is -4.64. The molecule has 166 valence electrons. The summed E-state index contributed by atoms with van der Waals surface area (Å²) < 4.78 is 58.5. The lowest BCUT2D eigenvalue weighted by Crippen LogP contribution is -2.42. The Hall–Kier alpha value is -2.85. The number of anilines is 3. The highest BCUT2D eigenvalue weighted by atomic mass is 31.1. The second kappa shape index (κ2) is 8.01. The van der Waals surface area contributed by atoms with Gasteiger partial charge in [-0.2, -0.15) is 13.2 Å². The highest BCUT2D eigenvalue weighted by Crippen LogP contribution is 2.46. The third-order valence-corrected chi connectivity index (χ3v) is 5.83. The number of ether oxygens (including phenoxy) is 1. The van der Waals surface area contributed by atoms with E-state index in [1.54, 1.807) is 11.8 Å². The fourth-order valence-corrected chi connectivity index (χ4v) is 4.41. The van der Waals surface area contributed by atoms with E-state index in [9.17, 15) is 27.4 Å². The Morgan fingerprint density at radius 1 is 1.26 bits per heavy atom. The Bertz CT molecular complexity index is 1000. The standard InChI is InChI=1S/C18H19F3N5O4P/c1-2-30-17(31(28)29)15-24-23-14-16(27)22-11-8-10(18(19,20)21)12(9-13(11)26(14)15)25-6-4-3-5-7-25/h8-9,24H,2-7H2,1H3,(H,22,27). The van der Waals surface area contributed by atoms with Gasteiger partial charge in [-0.1, -0.05) is 4.57 Å². The maximum absolute atomic E-state index is 13.9. The normalized spacial score (nSPS) is 20.4. The number of hydrogen-bond donors (Lipinski definition) is 2.